The Bertz CT molecular complexity index is 1300. The Labute approximate surface area is 224 Å². The zero-order chi connectivity index (χ0) is 29.6. The summed E-state index contributed by atoms with van der Waals surface area (Å²) in [5.41, 5.74) is 0.0981. The Morgan fingerprint density at radius 1 is 0.795 bits per heavy atom. The van der Waals surface area contributed by atoms with Gasteiger partial charge in [-0.3, -0.25) is 0 Å². The third kappa shape index (κ3) is 8.73. The quantitative estimate of drug-likeness (QED) is 0.136. The van der Waals surface area contributed by atoms with Crippen LogP contribution < -0.4 is 0 Å². The fraction of sp³-hybridized carbons (Fsp3) is 0.269. The van der Waals surface area contributed by atoms with Gasteiger partial charge in [-0.25, -0.2) is 17.6 Å². The topological polar surface area (TPSA) is 83.5 Å². The number of hydrogen-bond donors (Lipinski definition) is 0. The van der Waals surface area contributed by atoms with Crippen molar-refractivity contribution in [1.29, 1.82) is 0 Å². The average molecular weight is 595 g/mol. The molecule has 1 atom stereocenters. The highest BCUT2D eigenvalue weighted by molar-refractivity contribution is 7.97. The van der Waals surface area contributed by atoms with Crippen molar-refractivity contribution in [1.82, 2.24) is 0 Å². The second kappa shape index (κ2) is 12.4. The average Bonchev–Trinajstić information content (AvgIpc) is 2.83. The van der Waals surface area contributed by atoms with Crippen molar-refractivity contribution in [3.8, 4) is 0 Å². The van der Waals surface area contributed by atoms with E-state index in [0.717, 1.165) is 4.90 Å². The zero-order valence-corrected chi connectivity index (χ0v) is 22.4. The molecular weight excluding hydrogens is 570 g/mol. The van der Waals surface area contributed by atoms with Crippen LogP contribution in [-0.4, -0.2) is 42.1 Å². The van der Waals surface area contributed by atoms with E-state index >= 15 is 0 Å². The minimum absolute atomic E-state index is 0.280. The first kappa shape index (κ1) is 32.2. The van der Waals surface area contributed by atoms with Gasteiger partial charge in [0.15, 0.2) is 24.8 Å². The van der Waals surface area contributed by atoms with E-state index in [1.807, 2.05) is 81.4 Å². The fourth-order valence-electron chi connectivity index (χ4n) is 2.97. The summed E-state index contributed by atoms with van der Waals surface area (Å²) >= 11 is 0. The molecule has 0 amide bonds. The number of halogens is 6. The summed E-state index contributed by atoms with van der Waals surface area (Å²) in [7, 11) is -7.04. The van der Waals surface area contributed by atoms with Crippen LogP contribution in [0.4, 0.5) is 26.3 Å². The SMILES string of the molecule is CC(C)(C)OC(=O)c1ccccc1[S+](c1ccccc1)c1ccccc1.O=S(=O)([O-])C(F)(F)C(F)C(F)(F)F. The standard InChI is InChI=1S/C23H23O2S.C3H2F6O3S/c1-23(2,3)25-22(24)20-16-10-11-17-21(20)26(18-12-6-4-7-13-18)19-14-8-5-9-15-19;4-1(2(5,6)7)3(8,9)13(10,11)12/h4-17H,1-3H3;1H,(H,10,11,12)/q+1;/p-1. The Morgan fingerprint density at radius 3 is 1.56 bits per heavy atom. The molecule has 0 fully saturated rings. The van der Waals surface area contributed by atoms with Crippen molar-refractivity contribution >= 4 is 27.0 Å². The third-order valence-corrected chi connectivity index (χ3v) is 7.76. The second-order valence-electron chi connectivity index (χ2n) is 8.85. The summed E-state index contributed by atoms with van der Waals surface area (Å²) in [5.74, 6) is -0.280. The summed E-state index contributed by atoms with van der Waals surface area (Å²) in [5, 5.41) is -5.99. The maximum Gasteiger partial charge on any atom is 0.426 e. The van der Waals surface area contributed by atoms with Gasteiger partial charge in [0.2, 0.25) is 0 Å². The Kier molecular flexibility index (Phi) is 10.3. The molecule has 0 saturated carbocycles. The van der Waals surface area contributed by atoms with Crippen molar-refractivity contribution in [2.24, 2.45) is 0 Å². The van der Waals surface area contributed by atoms with E-state index in [1.54, 1.807) is 0 Å². The van der Waals surface area contributed by atoms with Crippen LogP contribution in [-0.2, 0) is 25.7 Å². The number of rotatable bonds is 6. The van der Waals surface area contributed by atoms with Crippen LogP contribution in [0.1, 0.15) is 31.1 Å². The van der Waals surface area contributed by atoms with E-state index in [2.05, 4.69) is 24.3 Å². The Morgan fingerprint density at radius 2 is 1.21 bits per heavy atom. The smallest absolute Gasteiger partial charge is 0.426 e. The van der Waals surface area contributed by atoms with Gasteiger partial charge in [0.1, 0.15) is 22.1 Å². The molecule has 3 aromatic carbocycles. The highest BCUT2D eigenvalue weighted by Gasteiger charge is 2.61. The largest absolute Gasteiger partial charge is 0.743 e. The van der Waals surface area contributed by atoms with Gasteiger partial charge in [0.05, 0.1) is 0 Å². The van der Waals surface area contributed by atoms with Crippen molar-refractivity contribution < 1.29 is 48.8 Å². The molecule has 0 heterocycles. The van der Waals surface area contributed by atoms with Gasteiger partial charge in [-0.15, -0.1) is 0 Å². The normalized spacial score (nSPS) is 13.3. The van der Waals surface area contributed by atoms with E-state index in [0.29, 0.717) is 5.56 Å². The second-order valence-corrected chi connectivity index (χ2v) is 12.3. The molecule has 13 heteroatoms. The van der Waals surface area contributed by atoms with E-state index in [-0.39, 0.29) is 16.9 Å². The number of carbonyl (C=O) groups is 1. The lowest BCUT2D eigenvalue weighted by Gasteiger charge is -2.24. The molecule has 3 rings (SSSR count). The van der Waals surface area contributed by atoms with Gasteiger partial charge in [0.25, 0.3) is 6.17 Å². The lowest BCUT2D eigenvalue weighted by molar-refractivity contribution is -0.223. The first-order valence-electron chi connectivity index (χ1n) is 11.1. The van der Waals surface area contributed by atoms with Gasteiger partial charge in [-0.1, -0.05) is 48.5 Å². The van der Waals surface area contributed by atoms with E-state index in [9.17, 15) is 44.1 Å². The lowest BCUT2D eigenvalue weighted by Crippen LogP contribution is -2.46. The van der Waals surface area contributed by atoms with Crippen molar-refractivity contribution in [3.05, 3.63) is 90.5 Å². The molecule has 0 N–H and O–H groups in total. The van der Waals surface area contributed by atoms with Gasteiger partial charge in [0, 0.05) is 0 Å². The first-order chi connectivity index (χ1) is 17.9. The van der Waals surface area contributed by atoms with Gasteiger partial charge < -0.3 is 9.29 Å². The molecule has 0 aliphatic carbocycles. The predicted molar refractivity (Wildman–Crippen MR) is 132 cm³/mol. The summed E-state index contributed by atoms with van der Waals surface area (Å²) in [6.07, 6.45) is -11.1. The van der Waals surface area contributed by atoms with Crippen LogP contribution in [0.25, 0.3) is 0 Å². The summed E-state index contributed by atoms with van der Waals surface area (Å²) in [6.45, 7) is 5.67. The highest BCUT2D eigenvalue weighted by Crippen LogP contribution is 2.38. The molecule has 0 saturated heterocycles. The highest BCUT2D eigenvalue weighted by atomic mass is 32.2. The summed E-state index contributed by atoms with van der Waals surface area (Å²) in [4.78, 5) is 16.2. The Balaban J connectivity index is 0.000000349. The number of esters is 1. The minimum atomic E-state index is -6.66. The predicted octanol–water partition coefficient (Wildman–Crippen LogP) is 6.76. The molecule has 0 spiro atoms. The van der Waals surface area contributed by atoms with E-state index < -0.39 is 33.3 Å². The molecule has 3 aromatic rings. The van der Waals surface area contributed by atoms with Crippen LogP contribution in [0.5, 0.6) is 0 Å². The molecule has 0 aliphatic rings. The third-order valence-electron chi connectivity index (χ3n) is 4.60. The number of ether oxygens (including phenoxy) is 1. The molecule has 0 aromatic heterocycles. The van der Waals surface area contributed by atoms with Crippen LogP contribution in [0, 0.1) is 0 Å². The summed E-state index contributed by atoms with van der Waals surface area (Å²) in [6, 6.07) is 28.4. The fourth-order valence-corrected chi connectivity index (χ4v) is 5.58. The number of benzene rings is 3. The molecule has 0 radical (unpaired) electrons. The minimum Gasteiger partial charge on any atom is -0.743 e. The molecule has 0 aliphatic heterocycles. The first-order valence-corrected chi connectivity index (χ1v) is 13.7. The monoisotopic (exact) mass is 594 g/mol. The maximum atomic E-state index is 12.8. The molecule has 5 nitrogen and oxygen atoms in total. The van der Waals surface area contributed by atoms with Crippen molar-refractivity contribution in [3.63, 3.8) is 0 Å². The molecule has 1 unspecified atom stereocenters. The van der Waals surface area contributed by atoms with Crippen LogP contribution in [0.15, 0.2) is 99.6 Å². The Hall–Kier alpha value is -3.03. The van der Waals surface area contributed by atoms with Crippen molar-refractivity contribution in [2.45, 2.75) is 58.7 Å². The van der Waals surface area contributed by atoms with E-state index in [4.69, 9.17) is 4.74 Å². The summed E-state index contributed by atoms with van der Waals surface area (Å²) < 4.78 is 103. The van der Waals surface area contributed by atoms with Gasteiger partial charge in [-0.05, 0) is 57.2 Å². The number of hydrogen-bond acceptors (Lipinski definition) is 5. The van der Waals surface area contributed by atoms with Gasteiger partial charge in [-0.2, -0.15) is 22.0 Å². The van der Waals surface area contributed by atoms with Crippen LogP contribution in [0.3, 0.4) is 0 Å². The molecule has 39 heavy (non-hydrogen) atoms. The number of alkyl halides is 6. The molecular formula is C26H24F6O5S2. The molecule has 212 valence electrons. The van der Waals surface area contributed by atoms with E-state index in [1.165, 1.54) is 9.79 Å². The molecule has 0 bridgehead atoms. The maximum absolute atomic E-state index is 12.8. The number of carbonyl (C=O) groups excluding carboxylic acids is 1. The zero-order valence-electron chi connectivity index (χ0n) is 20.8. The van der Waals surface area contributed by atoms with Crippen LogP contribution >= 0.6 is 0 Å². The van der Waals surface area contributed by atoms with Gasteiger partial charge >= 0.3 is 17.4 Å². The van der Waals surface area contributed by atoms with Crippen LogP contribution in [0.2, 0.25) is 0 Å². The lowest BCUT2D eigenvalue weighted by atomic mass is 10.1. The van der Waals surface area contributed by atoms with Crippen molar-refractivity contribution in [2.75, 3.05) is 0 Å².